The molecule has 0 amide bonds. The Kier molecular flexibility index (Phi) is 75.6. The molecule has 0 aromatic carbocycles. The Morgan fingerprint density at radius 2 is 0.481 bits per heavy atom. The first-order valence-electron chi connectivity index (χ1n) is 44.9. The summed E-state index contributed by atoms with van der Waals surface area (Å²) >= 11 is 0. The Hall–Kier alpha value is -1.94. The van der Waals surface area contributed by atoms with E-state index >= 15 is 0 Å². The van der Waals surface area contributed by atoms with Gasteiger partial charge in [-0.3, -0.25) is 37.3 Å². The quantitative estimate of drug-likeness (QED) is 0.0222. The third-order valence-electron chi connectivity index (χ3n) is 20.7. The summed E-state index contributed by atoms with van der Waals surface area (Å²) in [6.45, 7) is 12.1. The van der Waals surface area contributed by atoms with Crippen LogP contribution in [0, 0.1) is 17.8 Å². The summed E-state index contributed by atoms with van der Waals surface area (Å²) in [6.07, 6.45) is 68.0. The van der Waals surface area contributed by atoms with Gasteiger partial charge in [-0.15, -0.1) is 0 Å². The zero-order chi connectivity index (χ0) is 77.9. The van der Waals surface area contributed by atoms with Crippen LogP contribution in [0.2, 0.25) is 0 Å². The molecule has 3 unspecified atom stereocenters. The SMILES string of the molecule is CCCCCCCCCCCCCCCCC(=O)O[C@H](COC(=O)CCCCCCCCCCCC(C)C)COP(=O)(O)OC[C@H](O)COP(=O)(O)OC[C@@H](COC(=O)CCCCCCCCCCCCCCCCCC(C)C)OC(=O)CCCCCCCCCCCCCCCCCCCCC(C)CC. The van der Waals surface area contributed by atoms with E-state index in [1.165, 1.54) is 270 Å². The number of carbonyl (C=O) groups is 4. The van der Waals surface area contributed by atoms with Crippen LogP contribution in [-0.2, 0) is 65.4 Å². The number of phosphoric acid groups is 2. The fraction of sp³-hybridized carbons (Fsp3) is 0.954. The summed E-state index contributed by atoms with van der Waals surface area (Å²) in [4.78, 5) is 73.3. The molecular weight excluding hydrogens is 1380 g/mol. The molecule has 106 heavy (non-hydrogen) atoms. The van der Waals surface area contributed by atoms with E-state index in [4.69, 9.17) is 37.0 Å². The third kappa shape index (κ3) is 78.7. The second-order valence-electron chi connectivity index (χ2n) is 32.5. The van der Waals surface area contributed by atoms with Crippen LogP contribution in [0.5, 0.6) is 0 Å². The van der Waals surface area contributed by atoms with Crippen LogP contribution in [0.3, 0.4) is 0 Å². The largest absolute Gasteiger partial charge is 0.472 e. The number of hydrogen-bond acceptors (Lipinski definition) is 15. The molecule has 19 heteroatoms. The minimum atomic E-state index is -4.97. The maximum absolute atomic E-state index is 13.2. The van der Waals surface area contributed by atoms with Crippen LogP contribution in [0.15, 0.2) is 0 Å². The summed E-state index contributed by atoms with van der Waals surface area (Å²) in [5, 5.41) is 10.7. The number of unbranched alkanes of at least 4 members (excludes halogenated alkanes) is 52. The van der Waals surface area contributed by atoms with E-state index in [2.05, 4.69) is 48.5 Å². The van der Waals surface area contributed by atoms with Gasteiger partial charge in [0.25, 0.3) is 0 Å². The van der Waals surface area contributed by atoms with Crippen LogP contribution < -0.4 is 0 Å². The minimum absolute atomic E-state index is 0.108. The lowest BCUT2D eigenvalue weighted by molar-refractivity contribution is -0.161. The highest BCUT2D eigenvalue weighted by Gasteiger charge is 2.31. The van der Waals surface area contributed by atoms with Gasteiger partial charge >= 0.3 is 39.5 Å². The van der Waals surface area contributed by atoms with Crippen molar-refractivity contribution in [3.05, 3.63) is 0 Å². The average molecular weight is 1550 g/mol. The lowest BCUT2D eigenvalue weighted by Crippen LogP contribution is -2.30. The lowest BCUT2D eigenvalue weighted by atomic mass is 9.99. The lowest BCUT2D eigenvalue weighted by Gasteiger charge is -2.21. The van der Waals surface area contributed by atoms with E-state index in [0.29, 0.717) is 25.7 Å². The van der Waals surface area contributed by atoms with E-state index in [0.717, 1.165) is 108 Å². The second-order valence-corrected chi connectivity index (χ2v) is 35.4. The fourth-order valence-corrected chi connectivity index (χ4v) is 15.1. The molecule has 0 aliphatic carbocycles. The first-order chi connectivity index (χ1) is 51.3. The molecule has 0 saturated heterocycles. The highest BCUT2D eigenvalue weighted by Crippen LogP contribution is 2.45. The van der Waals surface area contributed by atoms with E-state index in [-0.39, 0.29) is 25.7 Å². The van der Waals surface area contributed by atoms with Crippen molar-refractivity contribution in [1.82, 2.24) is 0 Å². The number of aliphatic hydroxyl groups is 1. The summed E-state index contributed by atoms with van der Waals surface area (Å²) in [6, 6.07) is 0. The van der Waals surface area contributed by atoms with E-state index < -0.39 is 97.5 Å². The molecule has 0 fully saturated rings. The van der Waals surface area contributed by atoms with Gasteiger partial charge in [0, 0.05) is 25.7 Å². The van der Waals surface area contributed by atoms with E-state index in [9.17, 15) is 43.2 Å². The molecule has 3 N–H and O–H groups in total. The Morgan fingerprint density at radius 3 is 0.717 bits per heavy atom. The van der Waals surface area contributed by atoms with Gasteiger partial charge in [0.1, 0.15) is 19.3 Å². The van der Waals surface area contributed by atoms with Crippen molar-refractivity contribution >= 4 is 39.5 Å². The molecule has 0 aliphatic rings. The van der Waals surface area contributed by atoms with Crippen molar-refractivity contribution in [3.63, 3.8) is 0 Å². The van der Waals surface area contributed by atoms with Crippen LogP contribution in [0.4, 0.5) is 0 Å². The van der Waals surface area contributed by atoms with Crippen molar-refractivity contribution in [1.29, 1.82) is 0 Å². The minimum Gasteiger partial charge on any atom is -0.462 e. The number of phosphoric ester groups is 2. The molecule has 17 nitrogen and oxygen atoms in total. The molecule has 0 saturated carbocycles. The molecule has 0 aliphatic heterocycles. The highest BCUT2D eigenvalue weighted by atomic mass is 31.2. The molecule has 0 aromatic rings. The van der Waals surface area contributed by atoms with Crippen molar-refractivity contribution in [3.8, 4) is 0 Å². The van der Waals surface area contributed by atoms with Gasteiger partial charge in [0.15, 0.2) is 12.2 Å². The van der Waals surface area contributed by atoms with E-state index in [1.54, 1.807) is 0 Å². The monoisotopic (exact) mass is 1550 g/mol. The van der Waals surface area contributed by atoms with Gasteiger partial charge < -0.3 is 33.8 Å². The van der Waals surface area contributed by atoms with Crippen LogP contribution in [-0.4, -0.2) is 96.7 Å². The third-order valence-corrected chi connectivity index (χ3v) is 22.6. The number of ether oxygens (including phenoxy) is 4. The second kappa shape index (κ2) is 77.0. The Bertz CT molecular complexity index is 2050. The van der Waals surface area contributed by atoms with Crippen molar-refractivity contribution in [2.75, 3.05) is 39.6 Å². The fourth-order valence-electron chi connectivity index (χ4n) is 13.5. The maximum Gasteiger partial charge on any atom is 0.472 e. The zero-order valence-corrected chi connectivity index (χ0v) is 71.7. The smallest absolute Gasteiger partial charge is 0.462 e. The standard InChI is InChI=1S/C87H170O17P2/c1-8-10-11-12-13-14-15-16-28-34-41-49-56-63-70-86(91)104-83(75-98-85(90)69-62-55-48-43-36-38-45-52-59-66-79(5)6)77-102-106(95,96)100-73-81(88)72-99-105(93,94)101-76-82(74-97-84(89)68-61-54-47-40-33-29-25-21-22-26-31-37-44-51-58-65-78(3)4)103-87(92)71-64-57-50-42-35-30-24-20-18-17-19-23-27-32-39-46-53-60-67-80(7)9-2/h78-83,88H,8-77H2,1-7H3,(H,93,94)(H,95,96)/t80?,81-,82-,83-/m1/s1. The first-order valence-corrected chi connectivity index (χ1v) is 47.9. The van der Waals surface area contributed by atoms with Crippen molar-refractivity contribution in [2.24, 2.45) is 17.8 Å². The van der Waals surface area contributed by atoms with Crippen molar-refractivity contribution in [2.45, 2.75) is 478 Å². The first kappa shape index (κ1) is 104. The molecule has 6 atom stereocenters. The molecule has 0 aromatic heterocycles. The number of hydrogen-bond donors (Lipinski definition) is 3. The Balaban J connectivity index is 5.24. The molecule has 630 valence electrons. The number of esters is 4. The van der Waals surface area contributed by atoms with Gasteiger partial charge in [-0.2, -0.15) is 0 Å². The summed E-state index contributed by atoms with van der Waals surface area (Å²) in [5.74, 6) is 0.319. The predicted molar refractivity (Wildman–Crippen MR) is 437 cm³/mol. The van der Waals surface area contributed by atoms with Crippen LogP contribution in [0.1, 0.15) is 459 Å². The van der Waals surface area contributed by atoms with Crippen molar-refractivity contribution < 1.29 is 80.2 Å². The van der Waals surface area contributed by atoms with Gasteiger partial charge in [-0.05, 0) is 43.4 Å². The zero-order valence-electron chi connectivity index (χ0n) is 69.9. The van der Waals surface area contributed by atoms with E-state index in [1.807, 2.05) is 0 Å². The predicted octanol–water partition coefficient (Wildman–Crippen LogP) is 26.5. The molecule has 0 heterocycles. The molecular formula is C87H170O17P2. The summed E-state index contributed by atoms with van der Waals surface area (Å²) < 4.78 is 68.9. The Morgan fingerprint density at radius 1 is 0.274 bits per heavy atom. The molecule has 0 rings (SSSR count). The average Bonchev–Trinajstić information content (AvgIpc) is 0.900. The normalized spacial score (nSPS) is 14.1. The number of carbonyl (C=O) groups excluding carboxylic acids is 4. The number of aliphatic hydroxyl groups excluding tert-OH is 1. The summed E-state index contributed by atoms with van der Waals surface area (Å²) in [5.41, 5.74) is 0. The maximum atomic E-state index is 13.2. The number of rotatable bonds is 85. The van der Waals surface area contributed by atoms with Gasteiger partial charge in [0.2, 0.25) is 0 Å². The molecule has 0 radical (unpaired) electrons. The van der Waals surface area contributed by atoms with Gasteiger partial charge in [-0.1, -0.05) is 408 Å². The molecule has 0 bridgehead atoms. The van der Waals surface area contributed by atoms with Crippen LogP contribution >= 0.6 is 15.6 Å². The van der Waals surface area contributed by atoms with Crippen LogP contribution in [0.25, 0.3) is 0 Å². The van der Waals surface area contributed by atoms with Gasteiger partial charge in [-0.25, -0.2) is 9.13 Å². The topological polar surface area (TPSA) is 237 Å². The summed E-state index contributed by atoms with van der Waals surface area (Å²) in [7, 11) is -9.93. The van der Waals surface area contributed by atoms with Gasteiger partial charge in [0.05, 0.1) is 26.4 Å². The molecule has 0 spiro atoms. The highest BCUT2D eigenvalue weighted by molar-refractivity contribution is 7.47. The Labute approximate surface area is 651 Å².